The summed E-state index contributed by atoms with van der Waals surface area (Å²) in [5.74, 6) is 1.17. The minimum Gasteiger partial charge on any atom is -0.315 e. The van der Waals surface area contributed by atoms with Crippen molar-refractivity contribution in [3.05, 3.63) is 30.3 Å². The highest BCUT2D eigenvalue weighted by atomic mass is 32.2. The van der Waals surface area contributed by atoms with E-state index in [-0.39, 0.29) is 0 Å². The molecule has 82 valence electrons. The predicted molar refractivity (Wildman–Crippen MR) is 67.4 cm³/mol. The molecule has 1 aromatic rings. The Labute approximate surface area is 96.7 Å². The molecule has 1 aliphatic carbocycles. The number of thioether (sulfide) groups is 1. The van der Waals surface area contributed by atoms with Gasteiger partial charge in [-0.3, -0.25) is 0 Å². The second-order valence-electron chi connectivity index (χ2n) is 4.65. The van der Waals surface area contributed by atoms with Crippen LogP contribution in [-0.2, 0) is 0 Å². The van der Waals surface area contributed by atoms with Gasteiger partial charge in [0.15, 0.2) is 0 Å². The van der Waals surface area contributed by atoms with Gasteiger partial charge in [-0.1, -0.05) is 25.1 Å². The third-order valence-corrected chi connectivity index (χ3v) is 3.96. The summed E-state index contributed by atoms with van der Waals surface area (Å²) in [6.07, 6.45) is 2.82. The average molecular weight is 221 g/mol. The number of hydrogen-bond acceptors (Lipinski definition) is 2. The van der Waals surface area contributed by atoms with E-state index in [1.165, 1.54) is 30.0 Å². The molecule has 0 atom stereocenters. The first-order valence-electron chi connectivity index (χ1n) is 5.67. The predicted octanol–water partition coefficient (Wildman–Crippen LogP) is 3.17. The van der Waals surface area contributed by atoms with Crippen molar-refractivity contribution in [1.29, 1.82) is 0 Å². The lowest BCUT2D eigenvalue weighted by Gasteiger charge is -2.09. The lowest BCUT2D eigenvalue weighted by Crippen LogP contribution is -2.24. The number of nitrogens with one attached hydrogen (secondary N) is 1. The maximum absolute atomic E-state index is 3.54. The molecule has 0 saturated heterocycles. The third kappa shape index (κ3) is 3.88. The Morgan fingerprint density at radius 2 is 2.00 bits per heavy atom. The minimum atomic E-state index is 0.636. The van der Waals surface area contributed by atoms with Crippen LogP contribution < -0.4 is 5.32 Å². The van der Waals surface area contributed by atoms with Crippen LogP contribution >= 0.6 is 11.8 Å². The highest BCUT2D eigenvalue weighted by Gasteiger charge is 2.36. The first kappa shape index (κ1) is 11.0. The fourth-order valence-corrected chi connectivity index (χ4v) is 2.37. The van der Waals surface area contributed by atoms with Crippen molar-refractivity contribution in [3.8, 4) is 0 Å². The summed E-state index contributed by atoms with van der Waals surface area (Å²) < 4.78 is 0. The van der Waals surface area contributed by atoms with Crippen molar-refractivity contribution in [3.63, 3.8) is 0 Å². The minimum absolute atomic E-state index is 0.636. The van der Waals surface area contributed by atoms with Crippen LogP contribution in [-0.4, -0.2) is 18.8 Å². The normalized spacial score (nSPS) is 17.7. The zero-order valence-corrected chi connectivity index (χ0v) is 10.1. The Morgan fingerprint density at radius 1 is 1.27 bits per heavy atom. The molecular weight excluding hydrogens is 202 g/mol. The number of benzene rings is 1. The zero-order valence-electron chi connectivity index (χ0n) is 9.33. The molecule has 2 heteroatoms. The van der Waals surface area contributed by atoms with Crippen LogP contribution in [0.2, 0.25) is 0 Å². The summed E-state index contributed by atoms with van der Waals surface area (Å²) in [7, 11) is 0. The highest BCUT2D eigenvalue weighted by molar-refractivity contribution is 7.99. The van der Waals surface area contributed by atoms with Crippen molar-refractivity contribution < 1.29 is 0 Å². The molecule has 0 aliphatic heterocycles. The van der Waals surface area contributed by atoms with Crippen LogP contribution in [0.25, 0.3) is 0 Å². The standard InChI is InChI=1S/C13H19NS/c1-13(7-8-13)11-14-9-10-15-12-5-3-2-4-6-12/h2-6,14H,7-11H2,1H3. The quantitative estimate of drug-likeness (QED) is 0.585. The molecule has 0 radical (unpaired) electrons. The SMILES string of the molecule is CC1(CNCCSc2ccccc2)CC1. The smallest absolute Gasteiger partial charge is 0.0106 e. The molecule has 1 nitrogen and oxygen atoms in total. The van der Waals surface area contributed by atoms with Crippen LogP contribution in [0.3, 0.4) is 0 Å². The van der Waals surface area contributed by atoms with Crippen molar-refractivity contribution in [2.45, 2.75) is 24.7 Å². The highest BCUT2D eigenvalue weighted by Crippen LogP contribution is 2.43. The van der Waals surface area contributed by atoms with E-state index in [0.29, 0.717) is 5.41 Å². The molecule has 0 bridgehead atoms. The molecular formula is C13H19NS. The van der Waals surface area contributed by atoms with Crippen molar-refractivity contribution >= 4 is 11.8 Å². The Balaban J connectivity index is 1.55. The van der Waals surface area contributed by atoms with Gasteiger partial charge >= 0.3 is 0 Å². The van der Waals surface area contributed by atoms with Gasteiger partial charge in [0.1, 0.15) is 0 Å². The zero-order chi connectivity index (χ0) is 10.6. The van der Waals surface area contributed by atoms with Crippen molar-refractivity contribution in [2.24, 2.45) is 5.41 Å². The summed E-state index contributed by atoms with van der Waals surface area (Å²) in [6, 6.07) is 10.6. The molecule has 1 saturated carbocycles. The number of rotatable bonds is 6. The molecule has 0 spiro atoms. The lowest BCUT2D eigenvalue weighted by atomic mass is 10.1. The molecule has 15 heavy (non-hydrogen) atoms. The van der Waals surface area contributed by atoms with Gasteiger partial charge in [0, 0.05) is 23.7 Å². The van der Waals surface area contributed by atoms with E-state index in [0.717, 1.165) is 6.54 Å². The number of hydrogen-bond donors (Lipinski definition) is 1. The van der Waals surface area contributed by atoms with Gasteiger partial charge in [-0.25, -0.2) is 0 Å². The Morgan fingerprint density at radius 3 is 2.67 bits per heavy atom. The maximum Gasteiger partial charge on any atom is 0.0106 e. The van der Waals surface area contributed by atoms with E-state index in [1.54, 1.807) is 0 Å². The monoisotopic (exact) mass is 221 g/mol. The maximum atomic E-state index is 3.54. The van der Waals surface area contributed by atoms with Crippen LogP contribution in [0.1, 0.15) is 19.8 Å². The van der Waals surface area contributed by atoms with Gasteiger partial charge in [-0.2, -0.15) is 0 Å². The van der Waals surface area contributed by atoms with E-state index >= 15 is 0 Å². The fourth-order valence-electron chi connectivity index (χ4n) is 1.54. The lowest BCUT2D eigenvalue weighted by molar-refractivity contribution is 0.512. The Hall–Kier alpha value is -0.470. The van der Waals surface area contributed by atoms with Gasteiger partial charge in [0.25, 0.3) is 0 Å². The molecule has 1 aromatic carbocycles. The third-order valence-electron chi connectivity index (χ3n) is 2.95. The van der Waals surface area contributed by atoms with Gasteiger partial charge in [-0.05, 0) is 30.4 Å². The van der Waals surface area contributed by atoms with E-state index < -0.39 is 0 Å². The molecule has 0 unspecified atom stereocenters. The van der Waals surface area contributed by atoms with E-state index in [2.05, 4.69) is 42.6 Å². The van der Waals surface area contributed by atoms with Crippen LogP contribution in [0.5, 0.6) is 0 Å². The van der Waals surface area contributed by atoms with E-state index in [9.17, 15) is 0 Å². The van der Waals surface area contributed by atoms with Crippen LogP contribution in [0.4, 0.5) is 0 Å². The Bertz CT molecular complexity index is 293. The first-order valence-corrected chi connectivity index (χ1v) is 6.66. The second-order valence-corrected chi connectivity index (χ2v) is 5.82. The van der Waals surface area contributed by atoms with Gasteiger partial charge in [0.2, 0.25) is 0 Å². The second kappa shape index (κ2) is 5.04. The summed E-state index contributed by atoms with van der Waals surface area (Å²) in [6.45, 7) is 4.68. The largest absolute Gasteiger partial charge is 0.315 e. The summed E-state index contributed by atoms with van der Waals surface area (Å²) in [5.41, 5.74) is 0.636. The molecule has 0 heterocycles. The van der Waals surface area contributed by atoms with Crippen LogP contribution in [0.15, 0.2) is 35.2 Å². The first-order chi connectivity index (χ1) is 7.29. The molecule has 0 amide bonds. The molecule has 1 N–H and O–H groups in total. The van der Waals surface area contributed by atoms with Crippen LogP contribution in [0, 0.1) is 5.41 Å². The average Bonchev–Trinajstić information content (AvgIpc) is 2.98. The molecule has 1 fully saturated rings. The van der Waals surface area contributed by atoms with Crippen molar-refractivity contribution in [1.82, 2.24) is 5.32 Å². The van der Waals surface area contributed by atoms with Gasteiger partial charge < -0.3 is 5.32 Å². The summed E-state index contributed by atoms with van der Waals surface area (Å²) >= 11 is 1.93. The Kier molecular flexibility index (Phi) is 3.71. The van der Waals surface area contributed by atoms with E-state index in [1.807, 2.05) is 11.8 Å². The molecule has 0 aromatic heterocycles. The van der Waals surface area contributed by atoms with E-state index in [4.69, 9.17) is 0 Å². The topological polar surface area (TPSA) is 12.0 Å². The summed E-state index contributed by atoms with van der Waals surface area (Å²) in [4.78, 5) is 1.37. The molecule has 2 rings (SSSR count). The van der Waals surface area contributed by atoms with Crippen molar-refractivity contribution in [2.75, 3.05) is 18.8 Å². The van der Waals surface area contributed by atoms with Gasteiger partial charge in [0.05, 0.1) is 0 Å². The van der Waals surface area contributed by atoms with Gasteiger partial charge in [-0.15, -0.1) is 11.8 Å². The fraction of sp³-hybridized carbons (Fsp3) is 0.538. The molecule has 1 aliphatic rings. The summed E-state index contributed by atoms with van der Waals surface area (Å²) in [5, 5.41) is 3.54.